The molecule has 0 aromatic carbocycles. The molecule has 84 valence electrons. The van der Waals surface area contributed by atoms with Crippen LogP contribution >= 0.6 is 0 Å². The highest BCUT2D eigenvalue weighted by Crippen LogP contribution is 1.99. The molecule has 0 spiro atoms. The summed E-state index contributed by atoms with van der Waals surface area (Å²) in [6.07, 6.45) is 3.22. The molecule has 15 heavy (non-hydrogen) atoms. The lowest BCUT2D eigenvalue weighted by molar-refractivity contribution is 0.593. The van der Waals surface area contributed by atoms with Gasteiger partial charge in [0.1, 0.15) is 0 Å². The summed E-state index contributed by atoms with van der Waals surface area (Å²) in [5.41, 5.74) is 1.75. The molecule has 0 saturated carbocycles. The van der Waals surface area contributed by atoms with Crippen LogP contribution in [-0.2, 0) is 19.4 Å². The van der Waals surface area contributed by atoms with Gasteiger partial charge in [0, 0.05) is 12.1 Å². The standard InChI is InChI=1S/C11H16N2O.CH4/c1-4-7-9-8-10(5-2)12-13(6-3)11(9)14;/h4,8H,1,5-7H2,2-3H3;1H4. The van der Waals surface area contributed by atoms with Crippen molar-refractivity contribution in [2.45, 2.75) is 40.7 Å². The molecule has 0 fully saturated rings. The van der Waals surface area contributed by atoms with Gasteiger partial charge < -0.3 is 0 Å². The van der Waals surface area contributed by atoms with Crippen molar-refractivity contribution in [2.24, 2.45) is 0 Å². The molecule has 0 aliphatic rings. The Bertz CT molecular complexity index is 380. The summed E-state index contributed by atoms with van der Waals surface area (Å²) in [5.74, 6) is 0. The van der Waals surface area contributed by atoms with E-state index in [2.05, 4.69) is 11.7 Å². The van der Waals surface area contributed by atoms with Crippen molar-refractivity contribution in [1.29, 1.82) is 0 Å². The zero-order chi connectivity index (χ0) is 10.6. The van der Waals surface area contributed by atoms with E-state index in [1.807, 2.05) is 19.9 Å². The SMILES string of the molecule is C.C=CCc1cc(CC)nn(CC)c1=O. The molecule has 3 nitrogen and oxygen atoms in total. The summed E-state index contributed by atoms with van der Waals surface area (Å²) in [6, 6.07) is 1.87. The van der Waals surface area contributed by atoms with E-state index in [0.29, 0.717) is 13.0 Å². The number of allylic oxidation sites excluding steroid dienone is 1. The van der Waals surface area contributed by atoms with Gasteiger partial charge in [0.25, 0.3) is 5.56 Å². The van der Waals surface area contributed by atoms with Crippen molar-refractivity contribution in [2.75, 3.05) is 0 Å². The zero-order valence-corrected chi connectivity index (χ0v) is 8.79. The van der Waals surface area contributed by atoms with Gasteiger partial charge in [0.05, 0.1) is 5.69 Å². The predicted molar refractivity (Wildman–Crippen MR) is 64.2 cm³/mol. The molecule has 0 unspecified atom stereocenters. The fraction of sp³-hybridized carbons (Fsp3) is 0.500. The van der Waals surface area contributed by atoms with Crippen LogP contribution in [0.4, 0.5) is 0 Å². The van der Waals surface area contributed by atoms with E-state index in [-0.39, 0.29) is 13.0 Å². The van der Waals surface area contributed by atoms with E-state index in [9.17, 15) is 4.79 Å². The number of rotatable bonds is 4. The van der Waals surface area contributed by atoms with Crippen molar-refractivity contribution in [3.05, 3.63) is 40.3 Å². The first kappa shape index (κ1) is 13.6. The first-order valence-electron chi connectivity index (χ1n) is 4.93. The van der Waals surface area contributed by atoms with Crippen LogP contribution in [0.2, 0.25) is 0 Å². The van der Waals surface area contributed by atoms with Crippen molar-refractivity contribution in [1.82, 2.24) is 9.78 Å². The molecule has 1 aromatic heterocycles. The highest BCUT2D eigenvalue weighted by atomic mass is 16.1. The van der Waals surface area contributed by atoms with Crippen LogP contribution in [0.1, 0.15) is 32.5 Å². The molecule has 1 heterocycles. The summed E-state index contributed by atoms with van der Waals surface area (Å²) in [4.78, 5) is 11.7. The van der Waals surface area contributed by atoms with Crippen molar-refractivity contribution in [3.63, 3.8) is 0 Å². The first-order valence-corrected chi connectivity index (χ1v) is 4.93. The zero-order valence-electron chi connectivity index (χ0n) is 8.79. The summed E-state index contributed by atoms with van der Waals surface area (Å²) < 4.78 is 1.51. The van der Waals surface area contributed by atoms with Crippen molar-refractivity contribution < 1.29 is 0 Å². The molecule has 0 amide bonds. The molecule has 0 aliphatic heterocycles. The van der Waals surface area contributed by atoms with E-state index >= 15 is 0 Å². The van der Waals surface area contributed by atoms with E-state index < -0.39 is 0 Å². The van der Waals surface area contributed by atoms with Gasteiger partial charge in [-0.1, -0.05) is 20.4 Å². The van der Waals surface area contributed by atoms with E-state index in [4.69, 9.17) is 0 Å². The molecule has 1 aromatic rings. The third kappa shape index (κ3) is 3.05. The van der Waals surface area contributed by atoms with Gasteiger partial charge in [0.15, 0.2) is 0 Å². The summed E-state index contributed by atoms with van der Waals surface area (Å²) in [5, 5.41) is 4.22. The van der Waals surface area contributed by atoms with Gasteiger partial charge in [-0.3, -0.25) is 4.79 Å². The number of hydrogen-bond donors (Lipinski definition) is 0. The van der Waals surface area contributed by atoms with Gasteiger partial charge in [-0.2, -0.15) is 5.10 Å². The van der Waals surface area contributed by atoms with E-state index in [0.717, 1.165) is 17.7 Å². The normalized spacial score (nSPS) is 9.47. The summed E-state index contributed by atoms with van der Waals surface area (Å²) >= 11 is 0. The van der Waals surface area contributed by atoms with Crippen LogP contribution in [0.5, 0.6) is 0 Å². The Morgan fingerprint density at radius 1 is 1.53 bits per heavy atom. The molecule has 0 radical (unpaired) electrons. The minimum atomic E-state index is 0. The summed E-state index contributed by atoms with van der Waals surface area (Å²) in [7, 11) is 0. The van der Waals surface area contributed by atoms with Crippen molar-refractivity contribution in [3.8, 4) is 0 Å². The minimum Gasteiger partial charge on any atom is -0.267 e. The Morgan fingerprint density at radius 2 is 2.20 bits per heavy atom. The van der Waals surface area contributed by atoms with Crippen LogP contribution in [0.25, 0.3) is 0 Å². The maximum atomic E-state index is 11.7. The molecule has 0 atom stereocenters. The molecule has 0 saturated heterocycles. The van der Waals surface area contributed by atoms with Crippen LogP contribution in [0.3, 0.4) is 0 Å². The smallest absolute Gasteiger partial charge is 0.267 e. The molecule has 0 aliphatic carbocycles. The fourth-order valence-corrected chi connectivity index (χ4v) is 1.35. The largest absolute Gasteiger partial charge is 0.270 e. The molecule has 3 heteroatoms. The quantitative estimate of drug-likeness (QED) is 0.711. The fourth-order valence-electron chi connectivity index (χ4n) is 1.35. The second-order valence-corrected chi connectivity index (χ2v) is 3.13. The number of nitrogens with zero attached hydrogens (tertiary/aromatic N) is 2. The van der Waals surface area contributed by atoms with Crippen LogP contribution in [0, 0.1) is 0 Å². The Kier molecular flexibility index (Phi) is 5.60. The maximum absolute atomic E-state index is 11.7. The average Bonchev–Trinajstić information content (AvgIpc) is 2.21. The van der Waals surface area contributed by atoms with Gasteiger partial charge in [-0.15, -0.1) is 6.58 Å². The Morgan fingerprint density at radius 3 is 2.67 bits per heavy atom. The third-order valence-corrected chi connectivity index (χ3v) is 2.13. The lowest BCUT2D eigenvalue weighted by Crippen LogP contribution is -2.26. The van der Waals surface area contributed by atoms with Gasteiger partial charge in [0.2, 0.25) is 0 Å². The Balaban J connectivity index is 0.00000196. The van der Waals surface area contributed by atoms with Crippen LogP contribution < -0.4 is 5.56 Å². The number of aryl methyl sites for hydroxylation is 2. The first-order chi connectivity index (χ1) is 6.72. The minimum absolute atomic E-state index is 0. The predicted octanol–water partition coefficient (Wildman–Crippen LogP) is 2.19. The van der Waals surface area contributed by atoms with Crippen molar-refractivity contribution >= 4 is 0 Å². The molecule has 1 rings (SSSR count). The third-order valence-electron chi connectivity index (χ3n) is 2.13. The number of aromatic nitrogens is 2. The maximum Gasteiger partial charge on any atom is 0.270 e. The second kappa shape index (κ2) is 6.17. The van der Waals surface area contributed by atoms with Crippen LogP contribution in [0.15, 0.2) is 23.5 Å². The number of hydrogen-bond acceptors (Lipinski definition) is 2. The molecule has 0 N–H and O–H groups in total. The van der Waals surface area contributed by atoms with Crippen LogP contribution in [-0.4, -0.2) is 9.78 Å². The van der Waals surface area contributed by atoms with Gasteiger partial charge in [-0.25, -0.2) is 4.68 Å². The monoisotopic (exact) mass is 208 g/mol. The van der Waals surface area contributed by atoms with E-state index in [1.165, 1.54) is 4.68 Å². The Labute approximate surface area is 91.4 Å². The average molecular weight is 208 g/mol. The van der Waals surface area contributed by atoms with Gasteiger partial charge in [-0.05, 0) is 25.8 Å². The van der Waals surface area contributed by atoms with Gasteiger partial charge >= 0.3 is 0 Å². The Hall–Kier alpha value is -1.38. The highest BCUT2D eigenvalue weighted by Gasteiger charge is 2.04. The topological polar surface area (TPSA) is 34.9 Å². The highest BCUT2D eigenvalue weighted by molar-refractivity contribution is 5.16. The lowest BCUT2D eigenvalue weighted by Gasteiger charge is -2.06. The van der Waals surface area contributed by atoms with E-state index in [1.54, 1.807) is 6.08 Å². The summed E-state index contributed by atoms with van der Waals surface area (Å²) in [6.45, 7) is 8.22. The molecule has 0 bridgehead atoms. The second-order valence-electron chi connectivity index (χ2n) is 3.13. The molecular weight excluding hydrogens is 188 g/mol. The lowest BCUT2D eigenvalue weighted by atomic mass is 10.2. The molecular formula is C12H20N2O.